The fourth-order valence-electron chi connectivity index (χ4n) is 2.52. The second-order valence-electron chi connectivity index (χ2n) is 5.69. The minimum absolute atomic E-state index is 0.115. The number of rotatable bonds is 8. The van der Waals surface area contributed by atoms with Gasteiger partial charge in [0.25, 0.3) is 0 Å². The number of halogens is 1. The Balaban J connectivity index is 2.49. The second kappa shape index (κ2) is 8.78. The zero-order valence-electron chi connectivity index (χ0n) is 13.1. The van der Waals surface area contributed by atoms with Crippen molar-refractivity contribution in [3.8, 4) is 0 Å². The van der Waals surface area contributed by atoms with E-state index >= 15 is 0 Å². The average molecular weight is 342 g/mol. The summed E-state index contributed by atoms with van der Waals surface area (Å²) < 4.78 is 1.10. The molecule has 1 rings (SSSR count). The van der Waals surface area contributed by atoms with Gasteiger partial charge in [-0.2, -0.15) is 0 Å². The number of benzene rings is 1. The summed E-state index contributed by atoms with van der Waals surface area (Å²) in [5.74, 6) is 0. The van der Waals surface area contributed by atoms with Gasteiger partial charge in [-0.15, -0.1) is 0 Å². The van der Waals surface area contributed by atoms with E-state index < -0.39 is 0 Å². The molecule has 2 atom stereocenters. The summed E-state index contributed by atoms with van der Waals surface area (Å²) in [6, 6.07) is 9.00. The van der Waals surface area contributed by atoms with Crippen molar-refractivity contribution in [2.45, 2.75) is 32.4 Å². The van der Waals surface area contributed by atoms with Crippen molar-refractivity contribution >= 4 is 15.9 Å². The average Bonchev–Trinajstić information content (AvgIpc) is 2.39. The minimum Gasteiger partial charge on any atom is -0.324 e. The molecule has 4 heteroatoms. The van der Waals surface area contributed by atoms with Gasteiger partial charge < -0.3 is 10.6 Å². The highest BCUT2D eigenvalue weighted by Crippen LogP contribution is 2.18. The summed E-state index contributed by atoms with van der Waals surface area (Å²) in [6.45, 7) is 7.71. The van der Waals surface area contributed by atoms with E-state index in [2.05, 4.69) is 77.9 Å². The smallest absolute Gasteiger partial charge is 0.0307 e. The van der Waals surface area contributed by atoms with Crippen LogP contribution in [0.5, 0.6) is 0 Å². The predicted octanol–water partition coefficient (Wildman–Crippen LogP) is 3.11. The summed E-state index contributed by atoms with van der Waals surface area (Å²) in [5, 5.41) is 0. The van der Waals surface area contributed by atoms with Gasteiger partial charge in [0.1, 0.15) is 0 Å². The molecule has 0 radical (unpaired) electrons. The van der Waals surface area contributed by atoms with Crippen LogP contribution in [-0.2, 0) is 0 Å². The summed E-state index contributed by atoms with van der Waals surface area (Å²) >= 11 is 3.46. The van der Waals surface area contributed by atoms with Crippen LogP contribution in [0.4, 0.5) is 0 Å². The number of nitrogens with zero attached hydrogens (tertiary/aromatic N) is 2. The van der Waals surface area contributed by atoms with Crippen molar-refractivity contribution in [1.29, 1.82) is 0 Å². The molecular formula is C16H28BrN3. The fraction of sp³-hybridized carbons (Fsp3) is 0.625. The maximum atomic E-state index is 6.30. The molecule has 0 aliphatic rings. The van der Waals surface area contributed by atoms with E-state index in [9.17, 15) is 0 Å². The molecule has 3 nitrogen and oxygen atoms in total. The first kappa shape index (κ1) is 17.6. The van der Waals surface area contributed by atoms with Crippen molar-refractivity contribution in [1.82, 2.24) is 9.80 Å². The van der Waals surface area contributed by atoms with Gasteiger partial charge >= 0.3 is 0 Å². The van der Waals surface area contributed by atoms with Crippen LogP contribution in [0.25, 0.3) is 0 Å². The third kappa shape index (κ3) is 5.92. The Hall–Kier alpha value is -0.420. The zero-order chi connectivity index (χ0) is 15.1. The third-order valence-electron chi connectivity index (χ3n) is 3.68. The largest absolute Gasteiger partial charge is 0.324 e. The summed E-state index contributed by atoms with van der Waals surface area (Å²) in [6.07, 6.45) is 0.993. The first-order valence-electron chi connectivity index (χ1n) is 7.33. The van der Waals surface area contributed by atoms with Gasteiger partial charge in [0, 0.05) is 29.6 Å². The molecule has 114 valence electrons. The van der Waals surface area contributed by atoms with E-state index in [4.69, 9.17) is 5.73 Å². The van der Waals surface area contributed by atoms with Crippen molar-refractivity contribution in [2.24, 2.45) is 5.73 Å². The van der Waals surface area contributed by atoms with Gasteiger partial charge in [0.05, 0.1) is 0 Å². The number of hydrogen-bond donors (Lipinski definition) is 1. The van der Waals surface area contributed by atoms with Crippen LogP contribution in [-0.4, -0.2) is 49.6 Å². The molecule has 0 fully saturated rings. The van der Waals surface area contributed by atoms with Crippen LogP contribution < -0.4 is 5.73 Å². The molecule has 0 heterocycles. The monoisotopic (exact) mass is 341 g/mol. The van der Waals surface area contributed by atoms with E-state index in [1.165, 1.54) is 5.56 Å². The van der Waals surface area contributed by atoms with Gasteiger partial charge in [-0.3, -0.25) is 4.90 Å². The Labute approximate surface area is 132 Å². The summed E-state index contributed by atoms with van der Waals surface area (Å²) in [7, 11) is 4.25. The van der Waals surface area contributed by atoms with Gasteiger partial charge in [-0.05, 0) is 51.7 Å². The summed E-state index contributed by atoms with van der Waals surface area (Å²) in [4.78, 5) is 4.74. The minimum atomic E-state index is 0.115. The lowest BCUT2D eigenvalue weighted by atomic mass is 10.0. The van der Waals surface area contributed by atoms with E-state index in [-0.39, 0.29) is 6.04 Å². The van der Waals surface area contributed by atoms with Gasteiger partial charge in [-0.25, -0.2) is 0 Å². The fourth-order valence-corrected chi connectivity index (χ4v) is 2.78. The van der Waals surface area contributed by atoms with Crippen LogP contribution in [0.1, 0.15) is 31.9 Å². The molecule has 0 amide bonds. The van der Waals surface area contributed by atoms with Gasteiger partial charge in [-0.1, -0.05) is 35.0 Å². The highest BCUT2D eigenvalue weighted by molar-refractivity contribution is 9.10. The molecular weight excluding hydrogens is 314 g/mol. The quantitative estimate of drug-likeness (QED) is 0.788. The van der Waals surface area contributed by atoms with Crippen LogP contribution in [0.15, 0.2) is 28.7 Å². The molecule has 0 spiro atoms. The SMILES string of the molecule is CCN(CCC(N)c1ccc(Br)cc1)C(C)CN(C)C. The molecule has 0 saturated heterocycles. The van der Waals surface area contributed by atoms with Crippen molar-refractivity contribution in [3.05, 3.63) is 34.3 Å². The molecule has 0 saturated carbocycles. The molecule has 0 aromatic heterocycles. The molecule has 1 aromatic rings. The number of hydrogen-bond acceptors (Lipinski definition) is 3. The highest BCUT2D eigenvalue weighted by atomic mass is 79.9. The normalized spacial score (nSPS) is 14.8. The number of likely N-dealkylation sites (N-methyl/N-ethyl adjacent to an activating group) is 2. The second-order valence-corrected chi connectivity index (χ2v) is 6.60. The molecule has 0 aliphatic carbocycles. The Morgan fingerprint density at radius 3 is 2.30 bits per heavy atom. The first-order valence-corrected chi connectivity index (χ1v) is 8.13. The van der Waals surface area contributed by atoms with Crippen molar-refractivity contribution < 1.29 is 0 Å². The highest BCUT2D eigenvalue weighted by Gasteiger charge is 2.14. The number of nitrogens with two attached hydrogens (primary N) is 1. The van der Waals surface area contributed by atoms with E-state index in [0.29, 0.717) is 6.04 Å². The maximum Gasteiger partial charge on any atom is 0.0307 e. The molecule has 20 heavy (non-hydrogen) atoms. The molecule has 2 N–H and O–H groups in total. The van der Waals surface area contributed by atoms with Crippen LogP contribution >= 0.6 is 15.9 Å². The molecule has 2 unspecified atom stereocenters. The Kier molecular flexibility index (Phi) is 7.74. The Bertz CT molecular complexity index is 378. The maximum absolute atomic E-state index is 6.30. The van der Waals surface area contributed by atoms with Crippen molar-refractivity contribution in [3.63, 3.8) is 0 Å². The molecule has 0 aliphatic heterocycles. The lowest BCUT2D eigenvalue weighted by Crippen LogP contribution is -2.41. The van der Waals surface area contributed by atoms with E-state index in [0.717, 1.165) is 30.5 Å². The van der Waals surface area contributed by atoms with Crippen LogP contribution in [0, 0.1) is 0 Å². The van der Waals surface area contributed by atoms with Gasteiger partial charge in [0.15, 0.2) is 0 Å². The summed E-state index contributed by atoms with van der Waals surface area (Å²) in [5.41, 5.74) is 7.51. The van der Waals surface area contributed by atoms with E-state index in [1.54, 1.807) is 0 Å². The lowest BCUT2D eigenvalue weighted by Gasteiger charge is -2.30. The Morgan fingerprint density at radius 1 is 1.20 bits per heavy atom. The lowest BCUT2D eigenvalue weighted by molar-refractivity contribution is 0.176. The molecule has 1 aromatic carbocycles. The van der Waals surface area contributed by atoms with Crippen molar-refractivity contribution in [2.75, 3.05) is 33.7 Å². The van der Waals surface area contributed by atoms with Gasteiger partial charge in [0.2, 0.25) is 0 Å². The molecule has 0 bridgehead atoms. The zero-order valence-corrected chi connectivity index (χ0v) is 14.7. The first-order chi connectivity index (χ1) is 9.43. The topological polar surface area (TPSA) is 32.5 Å². The third-order valence-corrected chi connectivity index (χ3v) is 4.21. The van der Waals surface area contributed by atoms with Crippen LogP contribution in [0.2, 0.25) is 0 Å². The Morgan fingerprint density at radius 2 is 1.80 bits per heavy atom. The van der Waals surface area contributed by atoms with Crippen LogP contribution in [0.3, 0.4) is 0 Å². The van der Waals surface area contributed by atoms with E-state index in [1.807, 2.05) is 0 Å². The predicted molar refractivity (Wildman–Crippen MR) is 91.0 cm³/mol. The standard InChI is InChI=1S/C16H28BrN3/c1-5-20(13(2)12-19(3)4)11-10-16(18)14-6-8-15(17)9-7-14/h6-9,13,16H,5,10-12,18H2,1-4H3.